The zero-order valence-corrected chi connectivity index (χ0v) is 11.5. The van der Waals surface area contributed by atoms with Crippen LogP contribution in [0.3, 0.4) is 0 Å². The normalized spacial score (nSPS) is 11.0. The number of thiazole rings is 1. The standard InChI is InChI=1S/C12H8Cl2N2OS/c13-7-10-11(15-12-16(10)5-6-18-12)17-9-3-1-8(14)2-4-9/h1-6H,7H2. The second-order valence-corrected chi connectivity index (χ2v) is 5.19. The van der Waals surface area contributed by atoms with Crippen LogP contribution in [0.15, 0.2) is 35.8 Å². The van der Waals surface area contributed by atoms with Crippen LogP contribution in [-0.2, 0) is 5.88 Å². The van der Waals surface area contributed by atoms with E-state index in [1.54, 1.807) is 35.6 Å². The number of imidazole rings is 1. The molecule has 2 heterocycles. The zero-order chi connectivity index (χ0) is 12.5. The van der Waals surface area contributed by atoms with Gasteiger partial charge in [-0.05, 0) is 24.3 Å². The van der Waals surface area contributed by atoms with E-state index in [9.17, 15) is 0 Å². The molecule has 3 rings (SSSR count). The summed E-state index contributed by atoms with van der Waals surface area (Å²) in [6.45, 7) is 0. The van der Waals surface area contributed by atoms with E-state index in [2.05, 4.69) is 4.98 Å². The number of ether oxygens (including phenoxy) is 1. The number of benzene rings is 1. The van der Waals surface area contributed by atoms with Crippen LogP contribution in [0, 0.1) is 0 Å². The molecule has 0 radical (unpaired) electrons. The molecule has 0 amide bonds. The summed E-state index contributed by atoms with van der Waals surface area (Å²) in [5.41, 5.74) is 0.850. The van der Waals surface area contributed by atoms with Crippen molar-refractivity contribution < 1.29 is 4.74 Å². The highest BCUT2D eigenvalue weighted by Gasteiger charge is 2.14. The lowest BCUT2D eigenvalue weighted by atomic mass is 10.3. The van der Waals surface area contributed by atoms with E-state index in [0.29, 0.717) is 22.5 Å². The minimum atomic E-state index is 0.348. The molecule has 3 aromatic rings. The maximum absolute atomic E-state index is 5.94. The van der Waals surface area contributed by atoms with Crippen LogP contribution in [0.25, 0.3) is 4.96 Å². The van der Waals surface area contributed by atoms with Crippen molar-refractivity contribution in [3.05, 3.63) is 46.6 Å². The molecule has 0 spiro atoms. The Morgan fingerprint density at radius 3 is 2.78 bits per heavy atom. The first kappa shape index (κ1) is 11.8. The van der Waals surface area contributed by atoms with Crippen molar-refractivity contribution in [1.29, 1.82) is 0 Å². The van der Waals surface area contributed by atoms with Gasteiger partial charge in [-0.25, -0.2) is 0 Å². The molecular formula is C12H8Cl2N2OS. The Bertz CT molecular complexity index is 675. The van der Waals surface area contributed by atoms with Gasteiger partial charge in [-0.3, -0.25) is 4.40 Å². The predicted octanol–water partition coefficient (Wildman–Crippen LogP) is 4.58. The Morgan fingerprint density at radius 1 is 1.28 bits per heavy atom. The van der Waals surface area contributed by atoms with E-state index < -0.39 is 0 Å². The van der Waals surface area contributed by atoms with Crippen LogP contribution in [-0.4, -0.2) is 9.38 Å². The quantitative estimate of drug-likeness (QED) is 0.662. The van der Waals surface area contributed by atoms with Gasteiger partial charge in [0, 0.05) is 16.6 Å². The highest BCUT2D eigenvalue weighted by Crippen LogP contribution is 2.29. The summed E-state index contributed by atoms with van der Waals surface area (Å²) < 4.78 is 7.66. The first-order valence-corrected chi connectivity index (χ1v) is 7.01. The number of nitrogens with zero attached hydrogens (tertiary/aromatic N) is 2. The third-order valence-corrected chi connectivity index (χ3v) is 3.74. The summed E-state index contributed by atoms with van der Waals surface area (Å²) in [5, 5.41) is 2.63. The molecular weight excluding hydrogens is 291 g/mol. The number of halogens is 2. The van der Waals surface area contributed by atoms with E-state index in [0.717, 1.165) is 10.7 Å². The largest absolute Gasteiger partial charge is 0.437 e. The molecule has 2 aromatic heterocycles. The lowest BCUT2D eigenvalue weighted by Gasteiger charge is -2.04. The summed E-state index contributed by atoms with van der Waals surface area (Å²) in [6, 6.07) is 7.15. The molecule has 0 atom stereocenters. The lowest BCUT2D eigenvalue weighted by Crippen LogP contribution is -1.90. The van der Waals surface area contributed by atoms with Crippen molar-refractivity contribution in [3.63, 3.8) is 0 Å². The van der Waals surface area contributed by atoms with Gasteiger partial charge in [-0.2, -0.15) is 4.98 Å². The second kappa shape index (κ2) is 4.80. The molecule has 0 fully saturated rings. The maximum atomic E-state index is 5.94. The Balaban J connectivity index is 1.98. The molecule has 0 aliphatic heterocycles. The van der Waals surface area contributed by atoms with Crippen molar-refractivity contribution in [3.8, 4) is 11.6 Å². The fraction of sp³-hybridized carbons (Fsp3) is 0.0833. The molecule has 0 N–H and O–H groups in total. The van der Waals surface area contributed by atoms with Gasteiger partial charge in [0.15, 0.2) is 4.96 Å². The number of rotatable bonds is 3. The van der Waals surface area contributed by atoms with Crippen molar-refractivity contribution in [2.24, 2.45) is 0 Å². The summed E-state index contributed by atoms with van der Waals surface area (Å²) in [7, 11) is 0. The average Bonchev–Trinajstić information content (AvgIpc) is 2.92. The van der Waals surface area contributed by atoms with Crippen LogP contribution in [0.1, 0.15) is 5.69 Å². The minimum Gasteiger partial charge on any atom is -0.437 e. The Labute approximate surface area is 118 Å². The average molecular weight is 299 g/mol. The lowest BCUT2D eigenvalue weighted by molar-refractivity contribution is 0.461. The van der Waals surface area contributed by atoms with Crippen molar-refractivity contribution in [1.82, 2.24) is 9.38 Å². The third kappa shape index (κ3) is 2.07. The van der Waals surface area contributed by atoms with Crippen LogP contribution in [0.2, 0.25) is 5.02 Å². The first-order valence-electron chi connectivity index (χ1n) is 5.22. The fourth-order valence-electron chi connectivity index (χ4n) is 1.63. The molecule has 92 valence electrons. The number of alkyl halides is 1. The van der Waals surface area contributed by atoms with Gasteiger partial charge in [-0.15, -0.1) is 22.9 Å². The third-order valence-electron chi connectivity index (χ3n) is 2.48. The summed E-state index contributed by atoms with van der Waals surface area (Å²) in [5.74, 6) is 1.58. The Morgan fingerprint density at radius 2 is 2.06 bits per heavy atom. The van der Waals surface area contributed by atoms with Crippen LogP contribution < -0.4 is 4.74 Å². The van der Waals surface area contributed by atoms with E-state index >= 15 is 0 Å². The summed E-state index contributed by atoms with van der Waals surface area (Å²) >= 11 is 13.3. The molecule has 0 saturated carbocycles. The van der Waals surface area contributed by atoms with Crippen LogP contribution in [0.5, 0.6) is 11.6 Å². The predicted molar refractivity (Wildman–Crippen MR) is 74.2 cm³/mol. The van der Waals surface area contributed by atoms with Gasteiger partial charge in [0.05, 0.1) is 5.88 Å². The molecule has 18 heavy (non-hydrogen) atoms. The van der Waals surface area contributed by atoms with Crippen molar-refractivity contribution >= 4 is 39.5 Å². The number of hydrogen-bond donors (Lipinski definition) is 0. The Kier molecular flexibility index (Phi) is 3.16. The highest BCUT2D eigenvalue weighted by molar-refractivity contribution is 7.15. The van der Waals surface area contributed by atoms with Gasteiger partial charge < -0.3 is 4.74 Å². The Hall–Kier alpha value is -1.23. The highest BCUT2D eigenvalue weighted by atomic mass is 35.5. The van der Waals surface area contributed by atoms with E-state index in [1.807, 2.05) is 16.0 Å². The van der Waals surface area contributed by atoms with Gasteiger partial charge in [0.2, 0.25) is 5.88 Å². The summed E-state index contributed by atoms with van der Waals surface area (Å²) in [6.07, 6.45) is 1.93. The molecule has 0 unspecified atom stereocenters. The van der Waals surface area contributed by atoms with Gasteiger partial charge >= 0.3 is 0 Å². The summed E-state index contributed by atoms with van der Waals surface area (Å²) in [4.78, 5) is 5.27. The molecule has 0 bridgehead atoms. The molecule has 0 aliphatic carbocycles. The van der Waals surface area contributed by atoms with Crippen molar-refractivity contribution in [2.75, 3.05) is 0 Å². The number of aromatic nitrogens is 2. The second-order valence-electron chi connectivity index (χ2n) is 3.61. The van der Waals surface area contributed by atoms with E-state index in [4.69, 9.17) is 27.9 Å². The molecule has 0 saturated heterocycles. The fourth-order valence-corrected chi connectivity index (χ4v) is 2.72. The molecule has 3 nitrogen and oxygen atoms in total. The first-order chi connectivity index (χ1) is 8.78. The van der Waals surface area contributed by atoms with E-state index in [1.165, 1.54) is 0 Å². The zero-order valence-electron chi connectivity index (χ0n) is 9.14. The van der Waals surface area contributed by atoms with Crippen LogP contribution in [0.4, 0.5) is 0 Å². The van der Waals surface area contributed by atoms with Gasteiger partial charge in [-0.1, -0.05) is 11.6 Å². The SMILES string of the molecule is ClCc1c(Oc2ccc(Cl)cc2)nc2sccn12. The monoisotopic (exact) mass is 298 g/mol. The smallest absolute Gasteiger partial charge is 0.243 e. The van der Waals surface area contributed by atoms with Crippen LogP contribution >= 0.6 is 34.5 Å². The van der Waals surface area contributed by atoms with E-state index in [-0.39, 0.29) is 0 Å². The van der Waals surface area contributed by atoms with Gasteiger partial charge in [0.1, 0.15) is 11.4 Å². The molecule has 0 aliphatic rings. The molecule has 1 aromatic carbocycles. The van der Waals surface area contributed by atoms with Crippen molar-refractivity contribution in [2.45, 2.75) is 5.88 Å². The molecule has 6 heteroatoms. The topological polar surface area (TPSA) is 26.5 Å². The maximum Gasteiger partial charge on any atom is 0.243 e. The number of fused-ring (bicyclic) bond motifs is 1. The minimum absolute atomic E-state index is 0.348. The van der Waals surface area contributed by atoms with Gasteiger partial charge in [0.25, 0.3) is 0 Å². The number of hydrogen-bond acceptors (Lipinski definition) is 3.